The maximum atomic E-state index is 12.1. The van der Waals surface area contributed by atoms with Gasteiger partial charge in [-0.05, 0) is 30.7 Å². The summed E-state index contributed by atoms with van der Waals surface area (Å²) >= 11 is 5.96. The van der Waals surface area contributed by atoms with E-state index in [9.17, 15) is 14.9 Å². The van der Waals surface area contributed by atoms with E-state index in [0.29, 0.717) is 12.2 Å². The van der Waals surface area contributed by atoms with Crippen LogP contribution in [-0.4, -0.2) is 38.0 Å². The molecule has 1 rings (SSSR count). The molecule has 0 bridgehead atoms. The molecule has 26 heavy (non-hydrogen) atoms. The predicted octanol–water partition coefficient (Wildman–Crippen LogP) is 4.19. The number of anilines is 1. The van der Waals surface area contributed by atoms with E-state index >= 15 is 0 Å². The smallest absolute Gasteiger partial charge is 0.319 e. The molecular weight excluding hydrogens is 362 g/mol. The normalized spacial score (nSPS) is 11.5. The van der Waals surface area contributed by atoms with Crippen molar-refractivity contribution in [2.24, 2.45) is 5.41 Å². The number of nitro benzene ring substituents is 1. The second-order valence-corrected chi connectivity index (χ2v) is 7.09. The van der Waals surface area contributed by atoms with Crippen LogP contribution >= 0.6 is 11.6 Å². The largest absolute Gasteiger partial charge is 0.356 e. The number of urea groups is 1. The Morgan fingerprint density at radius 2 is 2.00 bits per heavy atom. The number of nitro groups is 1. The number of amides is 2. The molecule has 0 saturated carbocycles. The quantitative estimate of drug-likeness (QED) is 0.356. The first-order valence-electron chi connectivity index (χ1n) is 8.23. The Balaban J connectivity index is 2.46. The van der Waals surface area contributed by atoms with E-state index < -0.39 is 11.0 Å². The summed E-state index contributed by atoms with van der Waals surface area (Å²) in [6.45, 7) is 4.58. The summed E-state index contributed by atoms with van der Waals surface area (Å²) < 4.78 is 10.3. The third kappa shape index (κ3) is 7.55. The first-order valence-corrected chi connectivity index (χ1v) is 8.60. The van der Waals surface area contributed by atoms with E-state index in [4.69, 9.17) is 21.1 Å². The fourth-order valence-electron chi connectivity index (χ4n) is 2.37. The van der Waals surface area contributed by atoms with Crippen LogP contribution in [-0.2, 0) is 9.47 Å². The average Bonchev–Trinajstić information content (AvgIpc) is 2.58. The molecule has 0 spiro atoms. The number of hydrogen-bond acceptors (Lipinski definition) is 5. The van der Waals surface area contributed by atoms with Crippen LogP contribution in [0.1, 0.15) is 33.1 Å². The van der Waals surface area contributed by atoms with Crippen LogP contribution in [0, 0.1) is 15.5 Å². The maximum absolute atomic E-state index is 12.1. The zero-order chi connectivity index (χ0) is 19.7. The van der Waals surface area contributed by atoms with E-state index in [1.165, 1.54) is 18.2 Å². The molecule has 9 heteroatoms. The van der Waals surface area contributed by atoms with Gasteiger partial charge in [-0.3, -0.25) is 10.1 Å². The number of rotatable bonds is 10. The molecule has 1 aromatic carbocycles. The van der Waals surface area contributed by atoms with Gasteiger partial charge in [-0.2, -0.15) is 0 Å². The molecule has 0 saturated heterocycles. The highest BCUT2D eigenvalue weighted by molar-refractivity contribution is 6.33. The Bertz CT molecular complexity index is 620. The Kier molecular flexibility index (Phi) is 8.77. The minimum Gasteiger partial charge on any atom is -0.356 e. The molecule has 0 aromatic heterocycles. The van der Waals surface area contributed by atoms with Gasteiger partial charge >= 0.3 is 6.03 Å². The molecule has 0 fully saturated rings. The highest BCUT2D eigenvalue weighted by Crippen LogP contribution is 2.27. The molecule has 0 aliphatic heterocycles. The number of methoxy groups -OCH3 is 2. The van der Waals surface area contributed by atoms with Gasteiger partial charge in [0.05, 0.1) is 15.6 Å². The first kappa shape index (κ1) is 22.1. The molecule has 146 valence electrons. The van der Waals surface area contributed by atoms with Crippen LogP contribution in [0.5, 0.6) is 0 Å². The molecule has 0 heterocycles. The van der Waals surface area contributed by atoms with Crippen molar-refractivity contribution < 1.29 is 19.2 Å². The summed E-state index contributed by atoms with van der Waals surface area (Å²) in [4.78, 5) is 22.2. The van der Waals surface area contributed by atoms with Crippen LogP contribution < -0.4 is 10.6 Å². The fourth-order valence-corrected chi connectivity index (χ4v) is 2.59. The molecule has 1 aromatic rings. The molecule has 0 radical (unpaired) electrons. The van der Waals surface area contributed by atoms with Crippen LogP contribution in [0.15, 0.2) is 18.2 Å². The number of ether oxygens (including phenoxy) is 2. The highest BCUT2D eigenvalue weighted by atomic mass is 35.5. The van der Waals surface area contributed by atoms with Crippen molar-refractivity contribution in [3.05, 3.63) is 33.3 Å². The second-order valence-electron chi connectivity index (χ2n) is 6.69. The van der Waals surface area contributed by atoms with Crippen molar-refractivity contribution in [3.8, 4) is 0 Å². The van der Waals surface area contributed by atoms with Gasteiger partial charge in [0.25, 0.3) is 5.69 Å². The molecule has 0 unspecified atom stereocenters. The zero-order valence-corrected chi connectivity index (χ0v) is 16.3. The second kappa shape index (κ2) is 10.3. The standard InChI is InChI=1S/C17H26ClN3O5/c1-17(2,9-5-6-15(25-3)26-4)11-19-16(22)20-14-8-7-12(21(23)24)10-13(14)18/h7-8,10,15H,5-6,9,11H2,1-4H3,(H2,19,20,22). The van der Waals surface area contributed by atoms with Crippen molar-refractivity contribution >= 4 is 29.0 Å². The van der Waals surface area contributed by atoms with Gasteiger partial charge in [0.15, 0.2) is 6.29 Å². The molecular formula is C17H26ClN3O5. The van der Waals surface area contributed by atoms with Gasteiger partial charge < -0.3 is 20.1 Å². The lowest BCUT2D eigenvalue weighted by molar-refractivity contribution is -0.384. The van der Waals surface area contributed by atoms with Crippen molar-refractivity contribution in [1.29, 1.82) is 0 Å². The van der Waals surface area contributed by atoms with Gasteiger partial charge in [-0.25, -0.2) is 4.79 Å². The Morgan fingerprint density at radius 1 is 1.35 bits per heavy atom. The topological polar surface area (TPSA) is 103 Å². The lowest BCUT2D eigenvalue weighted by Crippen LogP contribution is -2.37. The number of benzene rings is 1. The van der Waals surface area contributed by atoms with Gasteiger partial charge in [0, 0.05) is 32.9 Å². The van der Waals surface area contributed by atoms with Gasteiger partial charge in [-0.15, -0.1) is 0 Å². The van der Waals surface area contributed by atoms with Gasteiger partial charge in [-0.1, -0.05) is 25.4 Å². The van der Waals surface area contributed by atoms with Crippen molar-refractivity contribution in [1.82, 2.24) is 5.32 Å². The first-order chi connectivity index (χ1) is 12.2. The van der Waals surface area contributed by atoms with E-state index in [2.05, 4.69) is 24.5 Å². The number of hydrogen-bond donors (Lipinski definition) is 2. The van der Waals surface area contributed by atoms with E-state index in [1.807, 2.05) is 0 Å². The molecule has 0 aliphatic rings. The molecule has 0 atom stereocenters. The summed E-state index contributed by atoms with van der Waals surface area (Å²) in [6.07, 6.45) is 2.35. The Hall–Kier alpha value is -1.90. The van der Waals surface area contributed by atoms with Crippen LogP contribution in [0.2, 0.25) is 5.02 Å². The number of carbonyl (C=O) groups is 1. The average molecular weight is 388 g/mol. The maximum Gasteiger partial charge on any atom is 0.319 e. The molecule has 0 aliphatic carbocycles. The SMILES string of the molecule is COC(CCCC(C)(C)CNC(=O)Nc1ccc([N+](=O)[O-])cc1Cl)OC. The van der Waals surface area contributed by atoms with Crippen LogP contribution in [0.25, 0.3) is 0 Å². The summed E-state index contributed by atoms with van der Waals surface area (Å²) in [5.74, 6) is 0. The number of non-ortho nitro benzene ring substituents is 1. The Morgan fingerprint density at radius 3 is 2.54 bits per heavy atom. The monoisotopic (exact) mass is 387 g/mol. The number of nitrogens with zero attached hydrogens (tertiary/aromatic N) is 1. The highest BCUT2D eigenvalue weighted by Gasteiger charge is 2.20. The third-order valence-electron chi connectivity index (χ3n) is 3.96. The van der Waals surface area contributed by atoms with Crippen LogP contribution in [0.3, 0.4) is 0 Å². The van der Waals surface area contributed by atoms with Crippen molar-refractivity contribution in [2.45, 2.75) is 39.4 Å². The number of halogens is 1. The Labute approximate surface area is 158 Å². The van der Waals surface area contributed by atoms with Gasteiger partial charge in [0.1, 0.15) is 0 Å². The zero-order valence-electron chi connectivity index (χ0n) is 15.5. The lowest BCUT2D eigenvalue weighted by Gasteiger charge is -2.26. The summed E-state index contributed by atoms with van der Waals surface area (Å²) in [5.41, 5.74) is 0.0750. The summed E-state index contributed by atoms with van der Waals surface area (Å²) in [7, 11) is 3.21. The fraction of sp³-hybridized carbons (Fsp3) is 0.588. The third-order valence-corrected chi connectivity index (χ3v) is 4.27. The summed E-state index contributed by atoms with van der Waals surface area (Å²) in [6, 6.07) is 3.47. The van der Waals surface area contributed by atoms with E-state index in [0.717, 1.165) is 19.3 Å². The number of carbonyl (C=O) groups excluding carboxylic acids is 1. The minimum atomic E-state index is -0.546. The number of nitrogens with one attached hydrogen (secondary N) is 2. The predicted molar refractivity (Wildman–Crippen MR) is 101 cm³/mol. The summed E-state index contributed by atoms with van der Waals surface area (Å²) in [5, 5.41) is 16.2. The van der Waals surface area contributed by atoms with Crippen LogP contribution in [0.4, 0.5) is 16.2 Å². The lowest BCUT2D eigenvalue weighted by atomic mass is 9.87. The molecule has 2 N–H and O–H groups in total. The molecule has 2 amide bonds. The molecule has 8 nitrogen and oxygen atoms in total. The van der Waals surface area contributed by atoms with Gasteiger partial charge in [0.2, 0.25) is 0 Å². The van der Waals surface area contributed by atoms with Crippen molar-refractivity contribution in [2.75, 3.05) is 26.1 Å². The van der Waals surface area contributed by atoms with Crippen molar-refractivity contribution in [3.63, 3.8) is 0 Å². The minimum absolute atomic E-state index is 0.108. The van der Waals surface area contributed by atoms with E-state index in [-0.39, 0.29) is 22.4 Å². The van der Waals surface area contributed by atoms with E-state index in [1.54, 1.807) is 14.2 Å².